The standard InChI is InChI=1S/C21H36N8/c22-20(23)27-12-5-3-1-2-4-6-13-28-21(24)29-16-17-8-10-18(11-9-17)19-25-14-7-15-26-19/h8-11H,1-7,12-16H2,(H,25,26)(H4,22,23,27)(H3,24,28,29). The molecule has 1 aliphatic heterocycles. The van der Waals surface area contributed by atoms with Crippen molar-refractivity contribution in [1.29, 1.82) is 0 Å². The van der Waals surface area contributed by atoms with E-state index in [9.17, 15) is 0 Å². The minimum atomic E-state index is 0.180. The summed E-state index contributed by atoms with van der Waals surface area (Å²) >= 11 is 0. The molecule has 1 aromatic carbocycles. The van der Waals surface area contributed by atoms with Gasteiger partial charge in [0, 0.05) is 31.7 Å². The Kier molecular flexibility index (Phi) is 10.4. The second kappa shape index (κ2) is 13.4. The normalized spacial score (nSPS) is 14.1. The molecule has 0 atom stereocenters. The second-order valence-corrected chi connectivity index (χ2v) is 7.26. The van der Waals surface area contributed by atoms with Gasteiger partial charge in [0.1, 0.15) is 5.84 Å². The van der Waals surface area contributed by atoms with Gasteiger partial charge in [0.2, 0.25) is 0 Å². The monoisotopic (exact) mass is 400 g/mol. The van der Waals surface area contributed by atoms with Crippen molar-refractivity contribution in [3.8, 4) is 0 Å². The molecule has 8 nitrogen and oxygen atoms in total. The zero-order valence-corrected chi connectivity index (χ0v) is 17.4. The highest BCUT2D eigenvalue weighted by Gasteiger charge is 2.06. The van der Waals surface area contributed by atoms with Crippen molar-refractivity contribution in [2.24, 2.45) is 32.2 Å². The number of hydrogen-bond donors (Lipinski definition) is 5. The Balaban J connectivity index is 1.54. The van der Waals surface area contributed by atoms with Crippen LogP contribution in [0.4, 0.5) is 0 Å². The zero-order chi connectivity index (χ0) is 20.7. The maximum absolute atomic E-state index is 5.97. The van der Waals surface area contributed by atoms with Crippen molar-refractivity contribution in [1.82, 2.24) is 10.6 Å². The van der Waals surface area contributed by atoms with Gasteiger partial charge < -0.3 is 27.8 Å². The molecule has 8 N–H and O–H groups in total. The summed E-state index contributed by atoms with van der Waals surface area (Å²) in [5.41, 5.74) is 18.8. The summed E-state index contributed by atoms with van der Waals surface area (Å²) in [6, 6.07) is 8.34. The van der Waals surface area contributed by atoms with Gasteiger partial charge in [-0.05, 0) is 24.8 Å². The smallest absolute Gasteiger partial charge is 0.188 e. The Morgan fingerprint density at radius 2 is 1.69 bits per heavy atom. The van der Waals surface area contributed by atoms with Crippen molar-refractivity contribution >= 4 is 17.8 Å². The highest BCUT2D eigenvalue weighted by Crippen LogP contribution is 2.08. The summed E-state index contributed by atoms with van der Waals surface area (Å²) in [6.45, 7) is 4.05. The number of nitrogens with one attached hydrogen (secondary N) is 2. The van der Waals surface area contributed by atoms with E-state index in [1.54, 1.807) is 0 Å². The highest BCUT2D eigenvalue weighted by molar-refractivity contribution is 5.99. The first-order valence-electron chi connectivity index (χ1n) is 10.6. The molecule has 0 aliphatic carbocycles. The van der Waals surface area contributed by atoms with E-state index in [0.717, 1.165) is 68.8 Å². The average molecular weight is 401 g/mol. The maximum Gasteiger partial charge on any atom is 0.188 e. The van der Waals surface area contributed by atoms with Crippen molar-refractivity contribution in [3.05, 3.63) is 35.4 Å². The molecule has 0 amide bonds. The molecule has 1 heterocycles. The van der Waals surface area contributed by atoms with Gasteiger partial charge in [0.25, 0.3) is 0 Å². The Bertz CT molecular complexity index is 674. The fraction of sp³-hybridized carbons (Fsp3) is 0.571. The number of hydrogen-bond acceptors (Lipinski definition) is 4. The van der Waals surface area contributed by atoms with Gasteiger partial charge in [0.15, 0.2) is 11.9 Å². The molecule has 1 aromatic rings. The van der Waals surface area contributed by atoms with Crippen LogP contribution in [0, 0.1) is 0 Å². The molecule has 8 heteroatoms. The van der Waals surface area contributed by atoms with Crippen molar-refractivity contribution in [2.75, 3.05) is 26.2 Å². The van der Waals surface area contributed by atoms with Crippen LogP contribution in [-0.2, 0) is 6.54 Å². The van der Waals surface area contributed by atoms with Crippen molar-refractivity contribution < 1.29 is 0 Å². The van der Waals surface area contributed by atoms with Crippen LogP contribution in [0.15, 0.2) is 39.2 Å². The average Bonchev–Trinajstić information content (AvgIpc) is 2.74. The Morgan fingerprint density at radius 3 is 2.38 bits per heavy atom. The van der Waals surface area contributed by atoms with E-state index >= 15 is 0 Å². The third-order valence-corrected chi connectivity index (χ3v) is 4.74. The predicted octanol–water partition coefficient (Wildman–Crippen LogP) is 1.44. The van der Waals surface area contributed by atoms with Crippen LogP contribution in [-0.4, -0.2) is 43.9 Å². The number of rotatable bonds is 12. The van der Waals surface area contributed by atoms with Crippen LogP contribution in [0.1, 0.15) is 56.1 Å². The Labute approximate surface area is 174 Å². The topological polar surface area (TPSA) is 139 Å². The van der Waals surface area contributed by atoms with E-state index in [-0.39, 0.29) is 5.96 Å². The van der Waals surface area contributed by atoms with Crippen LogP contribution in [0.3, 0.4) is 0 Å². The lowest BCUT2D eigenvalue weighted by Crippen LogP contribution is -2.32. The van der Waals surface area contributed by atoms with Gasteiger partial charge in [-0.25, -0.2) is 4.99 Å². The number of nitrogens with zero attached hydrogens (tertiary/aromatic N) is 3. The largest absolute Gasteiger partial charge is 0.370 e. The van der Waals surface area contributed by atoms with Gasteiger partial charge in [-0.15, -0.1) is 0 Å². The molecular weight excluding hydrogens is 364 g/mol. The molecular formula is C21H36N8. The Hall–Kier alpha value is -2.77. The zero-order valence-electron chi connectivity index (χ0n) is 17.4. The fourth-order valence-electron chi connectivity index (χ4n) is 3.09. The van der Waals surface area contributed by atoms with Crippen LogP contribution in [0.25, 0.3) is 0 Å². The Morgan fingerprint density at radius 1 is 0.966 bits per heavy atom. The van der Waals surface area contributed by atoms with Gasteiger partial charge >= 0.3 is 0 Å². The molecule has 0 fully saturated rings. The minimum absolute atomic E-state index is 0.180. The third-order valence-electron chi connectivity index (χ3n) is 4.74. The number of guanidine groups is 2. The van der Waals surface area contributed by atoms with Crippen LogP contribution < -0.4 is 27.8 Å². The number of benzene rings is 1. The molecule has 0 aromatic heterocycles. The van der Waals surface area contributed by atoms with Gasteiger partial charge in [-0.3, -0.25) is 9.98 Å². The fourth-order valence-corrected chi connectivity index (χ4v) is 3.09. The van der Waals surface area contributed by atoms with Crippen molar-refractivity contribution in [3.63, 3.8) is 0 Å². The molecule has 29 heavy (non-hydrogen) atoms. The lowest BCUT2D eigenvalue weighted by Gasteiger charge is -2.14. The van der Waals surface area contributed by atoms with Crippen LogP contribution >= 0.6 is 0 Å². The summed E-state index contributed by atoms with van der Waals surface area (Å²) in [7, 11) is 0. The first kappa shape index (κ1) is 22.5. The number of amidine groups is 1. The van der Waals surface area contributed by atoms with E-state index in [1.165, 1.54) is 19.3 Å². The van der Waals surface area contributed by atoms with Crippen LogP contribution in [0.2, 0.25) is 0 Å². The third kappa shape index (κ3) is 9.82. The van der Waals surface area contributed by atoms with Gasteiger partial charge in [-0.2, -0.15) is 0 Å². The SMILES string of the molecule is NC(N)=NCCCCCCCCNC(N)=NCc1ccc(C2=NCCCN2)cc1. The van der Waals surface area contributed by atoms with E-state index in [2.05, 4.69) is 49.9 Å². The summed E-state index contributed by atoms with van der Waals surface area (Å²) in [5.74, 6) is 1.67. The summed E-state index contributed by atoms with van der Waals surface area (Å²) < 4.78 is 0. The van der Waals surface area contributed by atoms with Gasteiger partial charge in [0.05, 0.1) is 6.54 Å². The van der Waals surface area contributed by atoms with E-state index in [0.29, 0.717) is 12.5 Å². The van der Waals surface area contributed by atoms with Crippen molar-refractivity contribution in [2.45, 2.75) is 51.5 Å². The molecule has 0 saturated heterocycles. The lowest BCUT2D eigenvalue weighted by molar-refractivity contribution is 0.592. The molecule has 0 radical (unpaired) electrons. The predicted molar refractivity (Wildman–Crippen MR) is 122 cm³/mol. The molecule has 0 spiro atoms. The molecule has 160 valence electrons. The first-order chi connectivity index (χ1) is 14.1. The molecule has 0 saturated carbocycles. The number of unbranched alkanes of at least 4 members (excludes halogenated alkanes) is 5. The lowest BCUT2D eigenvalue weighted by atomic mass is 10.1. The number of nitrogens with two attached hydrogens (primary N) is 3. The summed E-state index contributed by atoms with van der Waals surface area (Å²) in [5, 5.41) is 6.53. The summed E-state index contributed by atoms with van der Waals surface area (Å²) in [4.78, 5) is 12.9. The second-order valence-electron chi connectivity index (χ2n) is 7.26. The van der Waals surface area contributed by atoms with Gasteiger partial charge in [-0.1, -0.05) is 49.9 Å². The highest BCUT2D eigenvalue weighted by atomic mass is 15.1. The van der Waals surface area contributed by atoms with E-state index in [4.69, 9.17) is 17.2 Å². The van der Waals surface area contributed by atoms with E-state index in [1.807, 2.05) is 0 Å². The minimum Gasteiger partial charge on any atom is -0.370 e. The molecule has 0 unspecified atom stereocenters. The molecule has 1 aliphatic rings. The quantitative estimate of drug-likeness (QED) is 0.205. The van der Waals surface area contributed by atoms with Crippen LogP contribution in [0.5, 0.6) is 0 Å². The van der Waals surface area contributed by atoms with E-state index < -0.39 is 0 Å². The first-order valence-corrected chi connectivity index (χ1v) is 10.6. The maximum atomic E-state index is 5.97. The number of aliphatic imine (C=N–C) groups is 3. The molecule has 2 rings (SSSR count). The molecule has 0 bridgehead atoms. The summed E-state index contributed by atoms with van der Waals surface area (Å²) in [6.07, 6.45) is 8.01.